The van der Waals surface area contributed by atoms with Gasteiger partial charge < -0.3 is 9.15 Å². The number of halogens is 1. The summed E-state index contributed by atoms with van der Waals surface area (Å²) in [6.07, 6.45) is 0. The molecule has 0 saturated carbocycles. The van der Waals surface area contributed by atoms with Crippen molar-refractivity contribution >= 4 is 22.1 Å². The zero-order valence-corrected chi connectivity index (χ0v) is 14.1. The molecule has 5 heteroatoms. The van der Waals surface area contributed by atoms with Gasteiger partial charge in [0.1, 0.15) is 22.7 Å². The van der Waals surface area contributed by atoms with Crippen molar-refractivity contribution in [1.82, 2.24) is 9.97 Å². The molecule has 0 atom stereocenters. The smallest absolute Gasteiger partial charge is 0.267 e. The van der Waals surface area contributed by atoms with E-state index in [1.165, 1.54) is 12.1 Å². The molecule has 2 heterocycles. The second kappa shape index (κ2) is 6.21. The van der Waals surface area contributed by atoms with Crippen molar-refractivity contribution in [2.24, 2.45) is 0 Å². The first kappa shape index (κ1) is 15.5. The first-order chi connectivity index (χ1) is 13.3. The van der Waals surface area contributed by atoms with Gasteiger partial charge in [0.15, 0.2) is 5.82 Å². The number of para-hydroxylation sites is 1. The maximum atomic E-state index is 13.6. The summed E-state index contributed by atoms with van der Waals surface area (Å²) in [5.41, 5.74) is 2.64. The minimum Gasteiger partial charge on any atom is -0.449 e. The summed E-state index contributed by atoms with van der Waals surface area (Å²) >= 11 is 0. The Morgan fingerprint density at radius 2 is 1.63 bits per heavy atom. The number of rotatable bonds is 3. The third kappa shape index (κ3) is 2.79. The zero-order valence-electron chi connectivity index (χ0n) is 14.1. The van der Waals surface area contributed by atoms with Crippen molar-refractivity contribution in [3.8, 4) is 23.0 Å². The molecule has 0 spiro atoms. The van der Waals surface area contributed by atoms with Crippen LogP contribution in [0.5, 0.6) is 11.6 Å². The molecule has 0 saturated heterocycles. The van der Waals surface area contributed by atoms with Crippen molar-refractivity contribution in [3.05, 3.63) is 84.7 Å². The second-order valence-electron chi connectivity index (χ2n) is 6.05. The normalized spacial score (nSPS) is 11.1. The Hall–Kier alpha value is -3.73. The van der Waals surface area contributed by atoms with Crippen LogP contribution in [0.2, 0.25) is 0 Å². The van der Waals surface area contributed by atoms with E-state index in [1.54, 1.807) is 12.1 Å². The molecule has 5 rings (SSSR count). The predicted molar refractivity (Wildman–Crippen MR) is 101 cm³/mol. The van der Waals surface area contributed by atoms with E-state index in [4.69, 9.17) is 14.1 Å². The highest BCUT2D eigenvalue weighted by molar-refractivity contribution is 6.04. The Bertz CT molecular complexity index is 1270. The number of hydrogen-bond acceptors (Lipinski definition) is 4. The lowest BCUT2D eigenvalue weighted by atomic mass is 10.2. The quantitative estimate of drug-likeness (QED) is 0.399. The summed E-state index contributed by atoms with van der Waals surface area (Å²) < 4.78 is 25.4. The van der Waals surface area contributed by atoms with E-state index >= 15 is 0 Å². The van der Waals surface area contributed by atoms with E-state index in [9.17, 15) is 4.39 Å². The molecular weight excluding hydrogens is 343 g/mol. The van der Waals surface area contributed by atoms with Crippen LogP contribution in [0.15, 0.2) is 83.3 Å². The predicted octanol–water partition coefficient (Wildman–Crippen LogP) is 5.97. The van der Waals surface area contributed by atoms with Crippen molar-refractivity contribution < 1.29 is 13.5 Å². The van der Waals surface area contributed by atoms with Crippen molar-refractivity contribution in [1.29, 1.82) is 0 Å². The highest BCUT2D eigenvalue weighted by atomic mass is 19.1. The van der Waals surface area contributed by atoms with Gasteiger partial charge in [-0.1, -0.05) is 48.5 Å². The maximum absolute atomic E-state index is 13.6. The molecule has 0 N–H and O–H groups in total. The standard InChI is InChI=1S/C22H13FN2O2/c23-15-9-6-10-16(13-15)26-22-20-19(17-11-4-5-12-18(17)27-20)24-21(25-22)14-7-2-1-3-8-14/h1-13H. The molecule has 5 aromatic rings. The average molecular weight is 356 g/mol. The molecule has 0 aliphatic rings. The number of aromatic nitrogens is 2. The lowest BCUT2D eigenvalue weighted by molar-refractivity contribution is 0.452. The lowest BCUT2D eigenvalue weighted by Crippen LogP contribution is -1.95. The van der Waals surface area contributed by atoms with Crippen LogP contribution in [0.25, 0.3) is 33.5 Å². The van der Waals surface area contributed by atoms with Gasteiger partial charge in [0.05, 0.1) is 0 Å². The highest BCUT2D eigenvalue weighted by Crippen LogP contribution is 2.36. The van der Waals surface area contributed by atoms with Crippen LogP contribution in [0.1, 0.15) is 0 Å². The summed E-state index contributed by atoms with van der Waals surface area (Å²) in [4.78, 5) is 9.24. The number of ether oxygens (including phenoxy) is 1. The van der Waals surface area contributed by atoms with E-state index in [1.807, 2.05) is 54.6 Å². The Balaban J connectivity index is 1.76. The van der Waals surface area contributed by atoms with Gasteiger partial charge in [0.25, 0.3) is 5.88 Å². The summed E-state index contributed by atoms with van der Waals surface area (Å²) in [7, 11) is 0. The number of nitrogens with zero attached hydrogens (tertiary/aromatic N) is 2. The van der Waals surface area contributed by atoms with Gasteiger partial charge in [-0.2, -0.15) is 4.98 Å². The van der Waals surface area contributed by atoms with Crippen LogP contribution in [0.3, 0.4) is 0 Å². The molecule has 27 heavy (non-hydrogen) atoms. The summed E-state index contributed by atoms with van der Waals surface area (Å²) in [5, 5.41) is 0.871. The summed E-state index contributed by atoms with van der Waals surface area (Å²) in [5.74, 6) is 0.724. The summed E-state index contributed by atoms with van der Waals surface area (Å²) in [6.45, 7) is 0. The lowest BCUT2D eigenvalue weighted by Gasteiger charge is -2.07. The fraction of sp³-hybridized carbons (Fsp3) is 0. The Morgan fingerprint density at radius 1 is 0.815 bits per heavy atom. The molecule has 0 unspecified atom stereocenters. The molecule has 0 fully saturated rings. The number of fused-ring (bicyclic) bond motifs is 3. The number of furan rings is 1. The Morgan fingerprint density at radius 3 is 2.48 bits per heavy atom. The third-order valence-electron chi connectivity index (χ3n) is 4.23. The number of hydrogen-bond donors (Lipinski definition) is 0. The van der Waals surface area contributed by atoms with Crippen LogP contribution in [-0.4, -0.2) is 9.97 Å². The van der Waals surface area contributed by atoms with Gasteiger partial charge in [-0.25, -0.2) is 9.37 Å². The summed E-state index contributed by atoms with van der Waals surface area (Å²) in [6, 6.07) is 23.2. The van der Waals surface area contributed by atoms with Crippen LogP contribution in [0, 0.1) is 5.82 Å². The second-order valence-corrected chi connectivity index (χ2v) is 6.05. The van der Waals surface area contributed by atoms with E-state index in [-0.39, 0.29) is 11.7 Å². The molecule has 2 aromatic heterocycles. The molecule has 0 radical (unpaired) electrons. The molecule has 3 aromatic carbocycles. The fourth-order valence-electron chi connectivity index (χ4n) is 2.99. The van der Waals surface area contributed by atoms with E-state index in [2.05, 4.69) is 4.98 Å². The van der Waals surface area contributed by atoms with Crippen molar-refractivity contribution in [2.45, 2.75) is 0 Å². The van der Waals surface area contributed by atoms with Crippen LogP contribution in [-0.2, 0) is 0 Å². The minimum atomic E-state index is -0.384. The fourth-order valence-corrected chi connectivity index (χ4v) is 2.99. The van der Waals surface area contributed by atoms with Gasteiger partial charge in [0, 0.05) is 17.0 Å². The van der Waals surface area contributed by atoms with E-state index in [0.717, 1.165) is 10.9 Å². The highest BCUT2D eigenvalue weighted by Gasteiger charge is 2.18. The zero-order chi connectivity index (χ0) is 18.2. The first-order valence-corrected chi connectivity index (χ1v) is 8.46. The number of benzene rings is 3. The van der Waals surface area contributed by atoms with Gasteiger partial charge in [-0.05, 0) is 24.3 Å². The molecule has 0 amide bonds. The van der Waals surface area contributed by atoms with Gasteiger partial charge in [-0.3, -0.25) is 0 Å². The first-order valence-electron chi connectivity index (χ1n) is 8.46. The van der Waals surface area contributed by atoms with E-state index in [0.29, 0.717) is 28.3 Å². The monoisotopic (exact) mass is 356 g/mol. The molecule has 130 valence electrons. The Kier molecular flexibility index (Phi) is 3.57. The SMILES string of the molecule is Fc1cccc(Oc2nc(-c3ccccc3)nc3c2oc2ccccc23)c1. The van der Waals surface area contributed by atoms with Gasteiger partial charge >= 0.3 is 0 Å². The van der Waals surface area contributed by atoms with Crippen LogP contribution < -0.4 is 4.74 Å². The van der Waals surface area contributed by atoms with Crippen molar-refractivity contribution in [3.63, 3.8) is 0 Å². The molecular formula is C22H13FN2O2. The Labute approximate surface area is 153 Å². The minimum absolute atomic E-state index is 0.251. The third-order valence-corrected chi connectivity index (χ3v) is 4.23. The van der Waals surface area contributed by atoms with Crippen molar-refractivity contribution in [2.75, 3.05) is 0 Å². The van der Waals surface area contributed by atoms with Crippen LogP contribution >= 0.6 is 0 Å². The van der Waals surface area contributed by atoms with Gasteiger partial charge in [0.2, 0.25) is 5.58 Å². The van der Waals surface area contributed by atoms with Gasteiger partial charge in [-0.15, -0.1) is 0 Å². The molecule has 0 aliphatic heterocycles. The van der Waals surface area contributed by atoms with Crippen LogP contribution in [0.4, 0.5) is 4.39 Å². The van der Waals surface area contributed by atoms with E-state index < -0.39 is 0 Å². The largest absolute Gasteiger partial charge is 0.449 e. The molecule has 0 aliphatic carbocycles. The molecule has 4 nitrogen and oxygen atoms in total. The molecule has 0 bridgehead atoms. The average Bonchev–Trinajstić information content (AvgIpc) is 3.08. The maximum Gasteiger partial charge on any atom is 0.267 e. The topological polar surface area (TPSA) is 48.2 Å².